The zero-order valence-electron chi connectivity index (χ0n) is 31.8. The van der Waals surface area contributed by atoms with Crippen molar-refractivity contribution in [1.29, 1.82) is 0 Å². The van der Waals surface area contributed by atoms with E-state index in [0.717, 1.165) is 12.0 Å². The van der Waals surface area contributed by atoms with E-state index in [2.05, 4.69) is 35.1 Å². The molecule has 0 spiro atoms. The SMILES string of the molecule is CCCC(NC(=O)[C@@H]1[C@H]2[C@@H](CN1C(=O)C(NCCc1ccccc1)C(C)(C)C)C2(C)C)C(=O)C(=O)NCC(=O)N[C@H](C(=O)N(C)C)c1ccccc1. The lowest BCUT2D eigenvalue weighted by Crippen LogP contribution is -2.60. The first kappa shape index (κ1) is 40.2. The number of likely N-dealkylation sites (N-methyl/N-ethyl adjacent to an activating group) is 1. The molecule has 4 rings (SSSR count). The molecule has 0 radical (unpaired) electrons. The Balaban J connectivity index is 1.42. The Morgan fingerprint density at radius 1 is 0.923 bits per heavy atom. The van der Waals surface area contributed by atoms with Gasteiger partial charge in [-0.15, -0.1) is 0 Å². The van der Waals surface area contributed by atoms with E-state index in [1.54, 1.807) is 49.3 Å². The van der Waals surface area contributed by atoms with Gasteiger partial charge in [0, 0.05) is 20.6 Å². The van der Waals surface area contributed by atoms with Crippen LogP contribution in [0.15, 0.2) is 60.7 Å². The maximum absolute atomic E-state index is 14.3. The van der Waals surface area contributed by atoms with Crippen LogP contribution in [0.3, 0.4) is 0 Å². The molecular formula is C40H56N6O6. The summed E-state index contributed by atoms with van der Waals surface area (Å²) in [5.74, 6) is -3.50. The maximum atomic E-state index is 14.3. The Morgan fingerprint density at radius 3 is 2.12 bits per heavy atom. The molecule has 2 unspecified atom stereocenters. The second-order valence-electron chi connectivity index (χ2n) is 15.9. The quantitative estimate of drug-likeness (QED) is 0.195. The molecule has 52 heavy (non-hydrogen) atoms. The van der Waals surface area contributed by atoms with Gasteiger partial charge in [0.25, 0.3) is 5.91 Å². The van der Waals surface area contributed by atoms with Gasteiger partial charge >= 0.3 is 0 Å². The molecule has 1 aliphatic heterocycles. The molecule has 0 aromatic heterocycles. The highest BCUT2D eigenvalue weighted by molar-refractivity contribution is 6.38. The lowest BCUT2D eigenvalue weighted by Gasteiger charge is -2.38. The van der Waals surface area contributed by atoms with Gasteiger partial charge in [-0.25, -0.2) is 0 Å². The smallest absolute Gasteiger partial charge is 0.290 e. The van der Waals surface area contributed by atoms with Crippen molar-refractivity contribution in [2.75, 3.05) is 33.7 Å². The number of hydrogen-bond donors (Lipinski definition) is 4. The first-order valence-electron chi connectivity index (χ1n) is 18.2. The molecule has 2 aromatic rings. The van der Waals surface area contributed by atoms with E-state index in [-0.39, 0.29) is 35.5 Å². The van der Waals surface area contributed by atoms with E-state index >= 15 is 0 Å². The molecule has 282 valence electrons. The minimum absolute atomic E-state index is 0.0845. The van der Waals surface area contributed by atoms with Gasteiger partial charge in [0.2, 0.25) is 29.4 Å². The van der Waals surface area contributed by atoms with Gasteiger partial charge in [0.15, 0.2) is 0 Å². The summed E-state index contributed by atoms with van der Waals surface area (Å²) in [4.78, 5) is 83.6. The van der Waals surface area contributed by atoms with Gasteiger partial charge in [-0.2, -0.15) is 0 Å². The van der Waals surface area contributed by atoms with Crippen LogP contribution in [0.5, 0.6) is 0 Å². The summed E-state index contributed by atoms with van der Waals surface area (Å²) in [5, 5.41) is 11.3. The minimum atomic E-state index is -1.15. The predicted molar refractivity (Wildman–Crippen MR) is 199 cm³/mol. The number of carbonyl (C=O) groups excluding carboxylic acids is 6. The molecule has 6 atom stereocenters. The van der Waals surface area contributed by atoms with Gasteiger partial charge < -0.3 is 31.1 Å². The zero-order chi connectivity index (χ0) is 38.4. The summed E-state index contributed by atoms with van der Waals surface area (Å²) in [7, 11) is 3.15. The minimum Gasteiger partial charge on any atom is -0.347 e. The van der Waals surface area contributed by atoms with Gasteiger partial charge in [0.1, 0.15) is 12.1 Å². The van der Waals surface area contributed by atoms with E-state index in [1.165, 1.54) is 4.90 Å². The first-order valence-corrected chi connectivity index (χ1v) is 18.2. The van der Waals surface area contributed by atoms with Crippen LogP contribution in [0.25, 0.3) is 0 Å². The van der Waals surface area contributed by atoms with Gasteiger partial charge in [-0.3, -0.25) is 28.8 Å². The summed E-state index contributed by atoms with van der Waals surface area (Å²) in [5.41, 5.74) is 1.13. The zero-order valence-corrected chi connectivity index (χ0v) is 31.8. The third kappa shape index (κ3) is 9.44. The Morgan fingerprint density at radius 2 is 1.54 bits per heavy atom. The fourth-order valence-corrected chi connectivity index (χ4v) is 7.37. The molecule has 2 aromatic carbocycles. The Hall–Kier alpha value is -4.58. The topological polar surface area (TPSA) is 157 Å². The molecule has 1 heterocycles. The Labute approximate surface area is 307 Å². The van der Waals surface area contributed by atoms with Crippen LogP contribution in [0, 0.1) is 22.7 Å². The van der Waals surface area contributed by atoms with Crippen molar-refractivity contribution in [1.82, 2.24) is 31.1 Å². The van der Waals surface area contributed by atoms with Crippen molar-refractivity contribution in [3.8, 4) is 0 Å². The van der Waals surface area contributed by atoms with E-state index in [9.17, 15) is 28.8 Å². The number of benzene rings is 2. The highest BCUT2D eigenvalue weighted by Crippen LogP contribution is 2.65. The molecule has 2 aliphatic rings. The first-order chi connectivity index (χ1) is 24.5. The van der Waals surface area contributed by atoms with Crippen molar-refractivity contribution >= 4 is 35.3 Å². The third-order valence-corrected chi connectivity index (χ3v) is 10.4. The average Bonchev–Trinajstić information content (AvgIpc) is 3.40. The van der Waals surface area contributed by atoms with Gasteiger partial charge in [0.05, 0.1) is 18.6 Å². The molecule has 0 bridgehead atoms. The largest absolute Gasteiger partial charge is 0.347 e. The number of hydrogen-bond acceptors (Lipinski definition) is 7. The molecule has 1 saturated heterocycles. The number of rotatable bonds is 16. The van der Waals surface area contributed by atoms with Crippen molar-refractivity contribution in [3.63, 3.8) is 0 Å². The van der Waals surface area contributed by atoms with Crippen molar-refractivity contribution in [2.45, 2.75) is 85.0 Å². The number of nitrogens with one attached hydrogen (secondary N) is 4. The molecule has 1 aliphatic carbocycles. The summed E-state index contributed by atoms with van der Waals surface area (Å²) in [6.07, 6.45) is 1.44. The fourth-order valence-electron chi connectivity index (χ4n) is 7.37. The lowest BCUT2D eigenvalue weighted by atomic mass is 9.85. The van der Waals surface area contributed by atoms with Gasteiger partial charge in [-0.05, 0) is 53.2 Å². The molecule has 1 saturated carbocycles. The predicted octanol–water partition coefficient (Wildman–Crippen LogP) is 2.63. The number of carbonyl (C=O) groups is 6. The number of amides is 5. The van der Waals surface area contributed by atoms with Crippen LogP contribution in [0.2, 0.25) is 0 Å². The number of ketones is 1. The number of Topliss-reactive ketones (excluding diaryl/α,β-unsaturated/α-hetero) is 1. The second-order valence-corrected chi connectivity index (χ2v) is 15.9. The monoisotopic (exact) mass is 716 g/mol. The Kier molecular flexibility index (Phi) is 13.0. The van der Waals surface area contributed by atoms with Crippen LogP contribution < -0.4 is 21.3 Å². The van der Waals surface area contributed by atoms with E-state index in [4.69, 9.17) is 0 Å². The number of piperidine rings is 1. The summed E-state index contributed by atoms with van der Waals surface area (Å²) < 4.78 is 0. The number of nitrogens with zero attached hydrogens (tertiary/aromatic N) is 2. The summed E-state index contributed by atoms with van der Waals surface area (Å²) in [6.45, 7) is 12.5. The fraction of sp³-hybridized carbons (Fsp3) is 0.550. The van der Waals surface area contributed by atoms with Crippen LogP contribution in [0.4, 0.5) is 0 Å². The maximum Gasteiger partial charge on any atom is 0.290 e. The van der Waals surface area contributed by atoms with Crippen molar-refractivity contribution < 1.29 is 28.8 Å². The number of fused-ring (bicyclic) bond motifs is 1. The van der Waals surface area contributed by atoms with E-state index in [0.29, 0.717) is 25.1 Å². The van der Waals surface area contributed by atoms with Crippen LogP contribution in [-0.4, -0.2) is 97.0 Å². The average molecular weight is 717 g/mol. The molecule has 12 heteroatoms. The van der Waals surface area contributed by atoms with Crippen LogP contribution >= 0.6 is 0 Å². The third-order valence-electron chi connectivity index (χ3n) is 10.4. The second kappa shape index (κ2) is 16.8. The highest BCUT2D eigenvalue weighted by atomic mass is 16.2. The molecule has 4 N–H and O–H groups in total. The normalized spacial score (nSPS) is 20.5. The van der Waals surface area contributed by atoms with Gasteiger partial charge in [-0.1, -0.05) is 109 Å². The van der Waals surface area contributed by atoms with Crippen LogP contribution in [0.1, 0.15) is 71.6 Å². The summed E-state index contributed by atoms with van der Waals surface area (Å²) >= 11 is 0. The summed E-state index contributed by atoms with van der Waals surface area (Å²) in [6, 6.07) is 15.3. The standard InChI is InChI=1S/C40H56N6O6/c1-9-16-28(33(48)36(50)42-23-29(47)44-31(37(51)45(7)8)26-19-14-11-15-20-26)43-35(49)32-30-27(40(30,5)6)24-46(32)38(52)34(39(2,3)4)41-22-21-25-17-12-10-13-18-25/h10-15,17-20,27-28,30-32,34,41H,9,16,21-24H2,1-8H3,(H,42,50)(H,43,49)(H,44,47)/t27-,28?,30-,31+,32+,34?/m1/s1. The van der Waals surface area contributed by atoms with Crippen LogP contribution in [-0.2, 0) is 35.2 Å². The Bertz CT molecular complexity index is 1610. The highest BCUT2D eigenvalue weighted by Gasteiger charge is 2.69. The number of likely N-dealkylation sites (tertiary alicyclic amines) is 1. The lowest BCUT2D eigenvalue weighted by molar-refractivity contribution is -0.145. The molecule has 12 nitrogen and oxygen atoms in total. The molecule has 5 amide bonds. The van der Waals surface area contributed by atoms with E-state index in [1.807, 2.05) is 58.0 Å². The molecular weight excluding hydrogens is 660 g/mol. The van der Waals surface area contributed by atoms with Crippen molar-refractivity contribution in [2.24, 2.45) is 22.7 Å². The molecule has 2 fully saturated rings. The van der Waals surface area contributed by atoms with E-state index < -0.39 is 59.6 Å². The van der Waals surface area contributed by atoms with Crippen molar-refractivity contribution in [3.05, 3.63) is 71.8 Å².